The summed E-state index contributed by atoms with van der Waals surface area (Å²) in [4.78, 5) is 17.2. The SMILES string of the molecule is CCCSc1ncc(Cc2ccccc2)c(=O)n1CCC. The molecule has 0 aliphatic carbocycles. The monoisotopic (exact) mass is 302 g/mol. The average Bonchev–Trinajstić information content (AvgIpc) is 2.51. The van der Waals surface area contributed by atoms with Gasteiger partial charge in [0.05, 0.1) is 0 Å². The van der Waals surface area contributed by atoms with E-state index >= 15 is 0 Å². The second-order valence-corrected chi connectivity index (χ2v) is 6.10. The summed E-state index contributed by atoms with van der Waals surface area (Å²) >= 11 is 1.67. The highest BCUT2D eigenvalue weighted by atomic mass is 32.2. The van der Waals surface area contributed by atoms with E-state index in [1.54, 1.807) is 18.0 Å². The summed E-state index contributed by atoms with van der Waals surface area (Å²) in [7, 11) is 0. The van der Waals surface area contributed by atoms with E-state index in [4.69, 9.17) is 0 Å². The molecule has 0 spiro atoms. The molecule has 0 aliphatic heterocycles. The van der Waals surface area contributed by atoms with Crippen LogP contribution in [0.4, 0.5) is 0 Å². The molecule has 0 radical (unpaired) electrons. The van der Waals surface area contributed by atoms with Crippen molar-refractivity contribution in [3.05, 3.63) is 58.0 Å². The van der Waals surface area contributed by atoms with Gasteiger partial charge in [-0.1, -0.05) is 55.9 Å². The Labute approximate surface area is 130 Å². The molecule has 0 atom stereocenters. The van der Waals surface area contributed by atoms with E-state index in [1.165, 1.54) is 0 Å². The van der Waals surface area contributed by atoms with Crippen molar-refractivity contribution in [3.63, 3.8) is 0 Å². The minimum absolute atomic E-state index is 0.106. The second-order valence-electron chi connectivity index (χ2n) is 5.03. The first kappa shape index (κ1) is 15.8. The van der Waals surface area contributed by atoms with Crippen LogP contribution < -0.4 is 5.56 Å². The van der Waals surface area contributed by atoms with E-state index in [0.717, 1.165) is 41.4 Å². The van der Waals surface area contributed by atoms with Crippen LogP contribution in [-0.2, 0) is 13.0 Å². The number of hydrogen-bond donors (Lipinski definition) is 0. The molecule has 0 aliphatic rings. The van der Waals surface area contributed by atoms with Crippen molar-refractivity contribution in [1.82, 2.24) is 9.55 Å². The minimum Gasteiger partial charge on any atom is -0.287 e. The van der Waals surface area contributed by atoms with Crippen LogP contribution in [0.3, 0.4) is 0 Å². The fraction of sp³-hybridized carbons (Fsp3) is 0.412. The maximum Gasteiger partial charge on any atom is 0.257 e. The van der Waals surface area contributed by atoms with Crippen LogP contribution >= 0.6 is 11.8 Å². The van der Waals surface area contributed by atoms with E-state index < -0.39 is 0 Å². The third-order valence-corrected chi connectivity index (χ3v) is 4.40. The fourth-order valence-electron chi connectivity index (χ4n) is 2.18. The summed E-state index contributed by atoms with van der Waals surface area (Å²) in [6.07, 6.45) is 4.42. The van der Waals surface area contributed by atoms with Gasteiger partial charge in [0.1, 0.15) is 0 Å². The lowest BCUT2D eigenvalue weighted by molar-refractivity contribution is 0.569. The molecular weight excluding hydrogens is 280 g/mol. The molecule has 1 aromatic carbocycles. The van der Waals surface area contributed by atoms with Crippen LogP contribution in [0.1, 0.15) is 37.8 Å². The molecule has 4 heteroatoms. The van der Waals surface area contributed by atoms with Gasteiger partial charge in [-0.25, -0.2) is 4.98 Å². The molecule has 112 valence electrons. The van der Waals surface area contributed by atoms with Gasteiger partial charge in [0.15, 0.2) is 5.16 Å². The van der Waals surface area contributed by atoms with Gasteiger partial charge in [-0.3, -0.25) is 9.36 Å². The Morgan fingerprint density at radius 1 is 1.14 bits per heavy atom. The molecule has 0 fully saturated rings. The zero-order valence-electron chi connectivity index (χ0n) is 12.7. The van der Waals surface area contributed by atoms with Crippen molar-refractivity contribution in [2.75, 3.05) is 5.75 Å². The van der Waals surface area contributed by atoms with Gasteiger partial charge in [0, 0.05) is 30.5 Å². The molecule has 0 saturated carbocycles. The van der Waals surface area contributed by atoms with Crippen molar-refractivity contribution >= 4 is 11.8 Å². The zero-order chi connectivity index (χ0) is 15.1. The molecule has 3 nitrogen and oxygen atoms in total. The number of benzene rings is 1. The van der Waals surface area contributed by atoms with Crippen LogP contribution in [0, 0.1) is 0 Å². The summed E-state index contributed by atoms with van der Waals surface area (Å²) in [5.74, 6) is 0.994. The van der Waals surface area contributed by atoms with E-state index in [9.17, 15) is 4.79 Å². The van der Waals surface area contributed by atoms with Crippen LogP contribution in [0.5, 0.6) is 0 Å². The van der Waals surface area contributed by atoms with E-state index in [0.29, 0.717) is 6.42 Å². The van der Waals surface area contributed by atoms with Gasteiger partial charge in [-0.2, -0.15) is 0 Å². The van der Waals surface area contributed by atoms with E-state index in [1.807, 2.05) is 34.9 Å². The summed E-state index contributed by atoms with van der Waals surface area (Å²) < 4.78 is 1.83. The van der Waals surface area contributed by atoms with Gasteiger partial charge in [-0.15, -0.1) is 0 Å². The highest BCUT2D eigenvalue weighted by molar-refractivity contribution is 7.99. The first-order valence-electron chi connectivity index (χ1n) is 7.51. The standard InChI is InChI=1S/C17H22N2OS/c1-3-10-19-16(20)15(12-14-8-6-5-7-9-14)13-18-17(19)21-11-4-2/h5-9,13H,3-4,10-12H2,1-2H3. The topological polar surface area (TPSA) is 34.9 Å². The lowest BCUT2D eigenvalue weighted by Crippen LogP contribution is -2.26. The van der Waals surface area contributed by atoms with Gasteiger partial charge in [-0.05, 0) is 18.4 Å². The Kier molecular flexibility index (Phi) is 6.05. The van der Waals surface area contributed by atoms with Gasteiger partial charge in [0.2, 0.25) is 0 Å². The molecular formula is C17H22N2OS. The predicted octanol–water partition coefficient (Wildman–Crippen LogP) is 3.75. The molecule has 21 heavy (non-hydrogen) atoms. The molecule has 0 bridgehead atoms. The number of nitrogens with zero attached hydrogens (tertiary/aromatic N) is 2. The van der Waals surface area contributed by atoms with Gasteiger partial charge >= 0.3 is 0 Å². The maximum atomic E-state index is 12.7. The number of aromatic nitrogens is 2. The van der Waals surface area contributed by atoms with Crippen molar-refractivity contribution in [1.29, 1.82) is 0 Å². The summed E-state index contributed by atoms with van der Waals surface area (Å²) in [5, 5.41) is 0.848. The van der Waals surface area contributed by atoms with Crippen LogP contribution in [-0.4, -0.2) is 15.3 Å². The number of rotatable bonds is 7. The Morgan fingerprint density at radius 3 is 2.57 bits per heavy atom. The highest BCUT2D eigenvalue weighted by Gasteiger charge is 2.10. The molecule has 0 unspecified atom stereocenters. The fourth-order valence-corrected chi connectivity index (χ4v) is 3.03. The molecule has 1 aromatic heterocycles. The zero-order valence-corrected chi connectivity index (χ0v) is 13.5. The summed E-state index contributed by atoms with van der Waals surface area (Å²) in [5.41, 5.74) is 2.03. The smallest absolute Gasteiger partial charge is 0.257 e. The van der Waals surface area contributed by atoms with Crippen LogP contribution in [0.25, 0.3) is 0 Å². The lowest BCUT2D eigenvalue weighted by Gasteiger charge is -2.12. The van der Waals surface area contributed by atoms with Gasteiger partial charge < -0.3 is 0 Å². The average molecular weight is 302 g/mol. The van der Waals surface area contributed by atoms with Crippen molar-refractivity contribution in [2.24, 2.45) is 0 Å². The highest BCUT2D eigenvalue weighted by Crippen LogP contribution is 2.16. The Bertz CT molecular complexity index is 622. The predicted molar refractivity (Wildman–Crippen MR) is 89.1 cm³/mol. The molecule has 0 saturated heterocycles. The molecule has 2 aromatic rings. The Balaban J connectivity index is 2.31. The minimum atomic E-state index is 0.106. The Morgan fingerprint density at radius 2 is 1.90 bits per heavy atom. The van der Waals surface area contributed by atoms with Gasteiger partial charge in [0.25, 0.3) is 5.56 Å². The Hall–Kier alpha value is -1.55. The lowest BCUT2D eigenvalue weighted by atomic mass is 10.1. The molecule has 1 heterocycles. The third-order valence-electron chi connectivity index (χ3n) is 3.20. The quantitative estimate of drug-likeness (QED) is 0.577. The second kappa shape index (κ2) is 8.03. The van der Waals surface area contributed by atoms with Crippen LogP contribution in [0.15, 0.2) is 46.5 Å². The maximum absolute atomic E-state index is 12.7. The number of thioether (sulfide) groups is 1. The first-order chi connectivity index (χ1) is 10.3. The molecule has 0 amide bonds. The van der Waals surface area contributed by atoms with Crippen molar-refractivity contribution in [3.8, 4) is 0 Å². The van der Waals surface area contributed by atoms with Crippen molar-refractivity contribution < 1.29 is 0 Å². The van der Waals surface area contributed by atoms with E-state index in [-0.39, 0.29) is 5.56 Å². The third kappa shape index (κ3) is 4.21. The number of hydrogen-bond acceptors (Lipinski definition) is 3. The normalized spacial score (nSPS) is 10.8. The van der Waals surface area contributed by atoms with Crippen molar-refractivity contribution in [2.45, 2.75) is 44.8 Å². The molecule has 0 N–H and O–H groups in total. The van der Waals surface area contributed by atoms with Crippen LogP contribution in [0.2, 0.25) is 0 Å². The first-order valence-corrected chi connectivity index (χ1v) is 8.50. The van der Waals surface area contributed by atoms with E-state index in [2.05, 4.69) is 18.8 Å². The largest absolute Gasteiger partial charge is 0.287 e. The molecule has 2 rings (SSSR count). The summed E-state index contributed by atoms with van der Waals surface area (Å²) in [6, 6.07) is 10.1. The summed E-state index contributed by atoms with van der Waals surface area (Å²) in [6.45, 7) is 4.96.